The molecule has 21 heavy (non-hydrogen) atoms. The smallest absolute Gasteiger partial charge is 0.160 e. The summed E-state index contributed by atoms with van der Waals surface area (Å²) < 4.78 is 0. The first-order valence-corrected chi connectivity index (χ1v) is 8.57. The van der Waals surface area contributed by atoms with Crippen molar-refractivity contribution < 1.29 is 0 Å². The van der Waals surface area contributed by atoms with Gasteiger partial charge in [-0.1, -0.05) is 13.8 Å². The van der Waals surface area contributed by atoms with Gasteiger partial charge in [0.25, 0.3) is 0 Å². The minimum atomic E-state index is 0.439. The zero-order valence-corrected chi connectivity index (χ0v) is 14.5. The van der Waals surface area contributed by atoms with Crippen molar-refractivity contribution in [3.8, 4) is 11.4 Å². The minimum absolute atomic E-state index is 0.439. The van der Waals surface area contributed by atoms with Gasteiger partial charge in [0.05, 0.1) is 0 Å². The molecule has 0 saturated heterocycles. The first kappa shape index (κ1) is 16.1. The van der Waals surface area contributed by atoms with Gasteiger partial charge in [-0.25, -0.2) is 9.97 Å². The fourth-order valence-electron chi connectivity index (χ4n) is 2.75. The molecule has 2 aromatic rings. The second kappa shape index (κ2) is 7.14. The Hall–Kier alpha value is -1.26. The minimum Gasteiger partial charge on any atom is -0.316 e. The molecule has 114 valence electrons. The first-order chi connectivity index (χ1) is 10.0. The van der Waals surface area contributed by atoms with Gasteiger partial charge in [0.15, 0.2) is 5.82 Å². The van der Waals surface area contributed by atoms with E-state index in [2.05, 4.69) is 50.7 Å². The molecule has 0 radical (unpaired) electrons. The van der Waals surface area contributed by atoms with Gasteiger partial charge in [-0.15, -0.1) is 0 Å². The molecule has 0 fully saturated rings. The molecule has 0 amide bonds. The second-order valence-corrected chi connectivity index (χ2v) is 6.45. The Morgan fingerprint density at radius 2 is 1.81 bits per heavy atom. The van der Waals surface area contributed by atoms with E-state index in [9.17, 15) is 0 Å². The summed E-state index contributed by atoms with van der Waals surface area (Å²) in [4.78, 5) is 9.51. The molecule has 0 bridgehead atoms. The van der Waals surface area contributed by atoms with Gasteiger partial charge >= 0.3 is 0 Å². The summed E-state index contributed by atoms with van der Waals surface area (Å²) in [7, 11) is 0. The van der Waals surface area contributed by atoms with Crippen LogP contribution in [0.2, 0.25) is 0 Å². The lowest BCUT2D eigenvalue weighted by Crippen LogP contribution is -2.22. The molecule has 0 spiro atoms. The van der Waals surface area contributed by atoms with Crippen molar-refractivity contribution in [2.24, 2.45) is 0 Å². The molecule has 0 aromatic carbocycles. The first-order valence-electron chi connectivity index (χ1n) is 7.63. The van der Waals surface area contributed by atoms with Crippen LogP contribution in [0.4, 0.5) is 0 Å². The van der Waals surface area contributed by atoms with Crippen LogP contribution in [0.15, 0.2) is 10.8 Å². The summed E-state index contributed by atoms with van der Waals surface area (Å²) in [5.74, 6) is 1.30. The number of nitrogens with zero attached hydrogens (tertiary/aromatic N) is 2. The van der Waals surface area contributed by atoms with Gasteiger partial charge in [0.1, 0.15) is 0 Å². The van der Waals surface area contributed by atoms with E-state index in [0.29, 0.717) is 5.92 Å². The lowest BCUT2D eigenvalue weighted by molar-refractivity contribution is 0.601. The Morgan fingerprint density at radius 1 is 1.14 bits per heavy atom. The number of aryl methyl sites for hydroxylation is 3. The summed E-state index contributed by atoms with van der Waals surface area (Å²) in [6.07, 6.45) is 1.16. The summed E-state index contributed by atoms with van der Waals surface area (Å²) in [5.41, 5.74) is 5.91. The van der Waals surface area contributed by atoms with Crippen LogP contribution in [0.25, 0.3) is 11.4 Å². The third-order valence-corrected chi connectivity index (χ3v) is 4.65. The van der Waals surface area contributed by atoms with Gasteiger partial charge in [0.2, 0.25) is 0 Å². The fraction of sp³-hybridized carbons (Fsp3) is 0.529. The standard InChI is InChI=1S/C17H25N3S/c1-6-7-18-8-11(2)16-13(4)19-17(20-14(16)5)15-10-21-9-12(15)3/h9-11,18H,6-8H2,1-5H3. The van der Waals surface area contributed by atoms with Gasteiger partial charge < -0.3 is 5.32 Å². The summed E-state index contributed by atoms with van der Waals surface area (Å²) in [6.45, 7) is 12.8. The van der Waals surface area contributed by atoms with Crippen LogP contribution in [-0.2, 0) is 0 Å². The van der Waals surface area contributed by atoms with Crippen LogP contribution >= 0.6 is 11.3 Å². The molecular weight excluding hydrogens is 278 g/mol. The molecule has 0 aliphatic rings. The largest absolute Gasteiger partial charge is 0.316 e. The Bertz CT molecular complexity index is 581. The van der Waals surface area contributed by atoms with E-state index in [4.69, 9.17) is 9.97 Å². The Morgan fingerprint density at radius 3 is 2.33 bits per heavy atom. The van der Waals surface area contributed by atoms with Crippen LogP contribution in [0.1, 0.15) is 48.7 Å². The molecule has 2 aromatic heterocycles. The SMILES string of the molecule is CCCNCC(C)c1c(C)nc(-c2cscc2C)nc1C. The van der Waals surface area contributed by atoms with Crippen LogP contribution < -0.4 is 5.32 Å². The van der Waals surface area contributed by atoms with Crippen molar-refractivity contribution in [3.05, 3.63) is 33.3 Å². The highest BCUT2D eigenvalue weighted by molar-refractivity contribution is 7.08. The normalized spacial score (nSPS) is 12.6. The quantitative estimate of drug-likeness (QED) is 0.811. The van der Waals surface area contributed by atoms with Crippen molar-refractivity contribution in [2.75, 3.05) is 13.1 Å². The van der Waals surface area contributed by atoms with Crippen molar-refractivity contribution in [2.45, 2.75) is 47.0 Å². The van der Waals surface area contributed by atoms with Gasteiger partial charge in [-0.05, 0) is 56.2 Å². The number of nitrogens with one attached hydrogen (secondary N) is 1. The van der Waals surface area contributed by atoms with E-state index >= 15 is 0 Å². The van der Waals surface area contributed by atoms with E-state index in [0.717, 1.165) is 42.3 Å². The van der Waals surface area contributed by atoms with Crippen molar-refractivity contribution in [1.29, 1.82) is 0 Å². The maximum Gasteiger partial charge on any atom is 0.160 e. The maximum atomic E-state index is 4.75. The Labute approximate surface area is 131 Å². The molecule has 0 saturated carbocycles. The second-order valence-electron chi connectivity index (χ2n) is 5.71. The van der Waals surface area contributed by atoms with E-state index in [1.54, 1.807) is 11.3 Å². The molecule has 4 heteroatoms. The topological polar surface area (TPSA) is 37.8 Å². The lowest BCUT2D eigenvalue weighted by Gasteiger charge is -2.18. The van der Waals surface area contributed by atoms with Gasteiger partial charge in [0, 0.05) is 28.9 Å². The molecule has 1 atom stereocenters. The zero-order chi connectivity index (χ0) is 15.4. The van der Waals surface area contributed by atoms with Gasteiger partial charge in [-0.2, -0.15) is 11.3 Å². The number of rotatable bonds is 6. The average molecular weight is 303 g/mol. The van der Waals surface area contributed by atoms with Gasteiger partial charge in [-0.3, -0.25) is 0 Å². The number of hydrogen-bond donors (Lipinski definition) is 1. The molecule has 1 unspecified atom stereocenters. The van der Waals surface area contributed by atoms with E-state index in [-0.39, 0.29) is 0 Å². The molecule has 3 nitrogen and oxygen atoms in total. The molecule has 2 heterocycles. The van der Waals surface area contributed by atoms with Crippen LogP contribution in [0, 0.1) is 20.8 Å². The molecule has 0 aliphatic heterocycles. The predicted molar refractivity (Wildman–Crippen MR) is 91.1 cm³/mol. The highest BCUT2D eigenvalue weighted by atomic mass is 32.1. The zero-order valence-electron chi connectivity index (χ0n) is 13.7. The lowest BCUT2D eigenvalue weighted by atomic mass is 9.97. The van der Waals surface area contributed by atoms with Crippen molar-refractivity contribution in [3.63, 3.8) is 0 Å². The van der Waals surface area contributed by atoms with E-state index < -0.39 is 0 Å². The predicted octanol–water partition coefficient (Wildman–Crippen LogP) is 4.23. The van der Waals surface area contributed by atoms with Crippen LogP contribution in [0.3, 0.4) is 0 Å². The third-order valence-electron chi connectivity index (χ3n) is 3.79. The van der Waals surface area contributed by atoms with E-state index in [1.165, 1.54) is 11.1 Å². The fourth-order valence-corrected chi connectivity index (χ4v) is 3.57. The van der Waals surface area contributed by atoms with Crippen molar-refractivity contribution in [1.82, 2.24) is 15.3 Å². The monoisotopic (exact) mass is 303 g/mol. The van der Waals surface area contributed by atoms with Crippen molar-refractivity contribution >= 4 is 11.3 Å². The number of hydrogen-bond acceptors (Lipinski definition) is 4. The summed E-state index contributed by atoms with van der Waals surface area (Å²) in [6, 6.07) is 0. The Kier molecular flexibility index (Phi) is 5.48. The highest BCUT2D eigenvalue weighted by Gasteiger charge is 2.16. The summed E-state index contributed by atoms with van der Waals surface area (Å²) >= 11 is 1.71. The molecule has 2 rings (SSSR count). The highest BCUT2D eigenvalue weighted by Crippen LogP contribution is 2.27. The summed E-state index contributed by atoms with van der Waals surface area (Å²) in [5, 5.41) is 7.77. The number of thiophene rings is 1. The number of aromatic nitrogens is 2. The Balaban J connectivity index is 2.27. The molecule has 0 aliphatic carbocycles. The molecular formula is C17H25N3S. The average Bonchev–Trinajstić information content (AvgIpc) is 2.84. The van der Waals surface area contributed by atoms with Crippen LogP contribution in [-0.4, -0.2) is 23.1 Å². The molecule has 1 N–H and O–H groups in total. The third kappa shape index (κ3) is 3.69. The van der Waals surface area contributed by atoms with E-state index in [1.807, 2.05) is 0 Å². The van der Waals surface area contributed by atoms with Crippen LogP contribution in [0.5, 0.6) is 0 Å². The maximum absolute atomic E-state index is 4.75.